The van der Waals surface area contributed by atoms with Gasteiger partial charge < -0.3 is 10.1 Å². The topological polar surface area (TPSA) is 55.4 Å². The first-order valence-electron chi connectivity index (χ1n) is 6.56. The van der Waals surface area contributed by atoms with E-state index in [-0.39, 0.29) is 11.5 Å². The standard InChI is InChI=1S/C12H25NO3S/c1-3-17(14,15)10-4-9-16-12-7-5-11(13-2)6-8-12/h11-13H,3-10H2,1-2H3. The highest BCUT2D eigenvalue weighted by molar-refractivity contribution is 7.91. The van der Waals surface area contributed by atoms with E-state index in [4.69, 9.17) is 4.74 Å². The molecule has 1 N–H and O–H groups in total. The molecule has 0 amide bonds. The molecule has 0 aromatic carbocycles. The maximum absolute atomic E-state index is 11.3. The lowest BCUT2D eigenvalue weighted by Gasteiger charge is -2.28. The molecule has 0 aromatic rings. The van der Waals surface area contributed by atoms with Crippen LogP contribution in [0.3, 0.4) is 0 Å². The molecule has 1 aliphatic carbocycles. The van der Waals surface area contributed by atoms with Gasteiger partial charge >= 0.3 is 0 Å². The van der Waals surface area contributed by atoms with Crippen LogP contribution in [0.5, 0.6) is 0 Å². The van der Waals surface area contributed by atoms with Gasteiger partial charge in [-0.1, -0.05) is 6.92 Å². The predicted molar refractivity (Wildman–Crippen MR) is 70.0 cm³/mol. The zero-order chi connectivity index (χ0) is 12.7. The van der Waals surface area contributed by atoms with Gasteiger partial charge in [0, 0.05) is 18.4 Å². The van der Waals surface area contributed by atoms with E-state index in [1.807, 2.05) is 7.05 Å². The Bertz CT molecular complexity index is 295. The van der Waals surface area contributed by atoms with Gasteiger partial charge in [0.15, 0.2) is 0 Å². The molecule has 0 radical (unpaired) electrons. The summed E-state index contributed by atoms with van der Waals surface area (Å²) in [6.45, 7) is 2.27. The number of sulfone groups is 1. The smallest absolute Gasteiger partial charge is 0.150 e. The summed E-state index contributed by atoms with van der Waals surface area (Å²) in [5.41, 5.74) is 0. The first kappa shape index (κ1) is 14.9. The average Bonchev–Trinajstić information content (AvgIpc) is 2.35. The van der Waals surface area contributed by atoms with E-state index in [1.54, 1.807) is 6.92 Å². The van der Waals surface area contributed by atoms with Gasteiger partial charge in [-0.3, -0.25) is 0 Å². The van der Waals surface area contributed by atoms with Crippen LogP contribution >= 0.6 is 0 Å². The lowest BCUT2D eigenvalue weighted by molar-refractivity contribution is 0.0237. The Hall–Kier alpha value is -0.130. The van der Waals surface area contributed by atoms with Crippen LogP contribution in [0.25, 0.3) is 0 Å². The third kappa shape index (κ3) is 5.84. The van der Waals surface area contributed by atoms with Crippen molar-refractivity contribution in [1.29, 1.82) is 0 Å². The number of hydrogen-bond donors (Lipinski definition) is 1. The van der Waals surface area contributed by atoms with Crippen molar-refractivity contribution in [3.05, 3.63) is 0 Å². The van der Waals surface area contributed by atoms with Crippen molar-refractivity contribution in [2.75, 3.05) is 25.2 Å². The lowest BCUT2D eigenvalue weighted by Crippen LogP contribution is -2.33. The van der Waals surface area contributed by atoms with Crippen molar-refractivity contribution in [3.63, 3.8) is 0 Å². The molecule has 5 heteroatoms. The molecule has 1 fully saturated rings. The second-order valence-corrected chi connectivity index (χ2v) is 7.20. The number of rotatable bonds is 7. The van der Waals surface area contributed by atoms with Gasteiger partial charge in [-0.15, -0.1) is 0 Å². The monoisotopic (exact) mass is 263 g/mol. The van der Waals surface area contributed by atoms with Gasteiger partial charge in [0.25, 0.3) is 0 Å². The average molecular weight is 263 g/mol. The number of nitrogens with one attached hydrogen (secondary N) is 1. The van der Waals surface area contributed by atoms with E-state index in [1.165, 1.54) is 0 Å². The summed E-state index contributed by atoms with van der Waals surface area (Å²) < 4.78 is 28.3. The molecule has 0 unspecified atom stereocenters. The van der Waals surface area contributed by atoms with Gasteiger partial charge in [-0.25, -0.2) is 8.42 Å². The second kappa shape index (κ2) is 7.34. The highest BCUT2D eigenvalue weighted by atomic mass is 32.2. The molecule has 1 aliphatic rings. The van der Waals surface area contributed by atoms with E-state index in [0.29, 0.717) is 25.2 Å². The van der Waals surface area contributed by atoms with Crippen molar-refractivity contribution in [2.45, 2.75) is 51.2 Å². The molecule has 0 saturated heterocycles. The molecule has 1 saturated carbocycles. The molecule has 0 spiro atoms. The lowest BCUT2D eigenvalue weighted by atomic mass is 9.93. The normalized spacial score (nSPS) is 26.0. The summed E-state index contributed by atoms with van der Waals surface area (Å²) >= 11 is 0. The van der Waals surface area contributed by atoms with Crippen molar-refractivity contribution >= 4 is 9.84 Å². The maximum Gasteiger partial charge on any atom is 0.150 e. The number of ether oxygens (including phenoxy) is 1. The Kier molecular flexibility index (Phi) is 6.44. The van der Waals surface area contributed by atoms with Crippen LogP contribution in [0.15, 0.2) is 0 Å². The van der Waals surface area contributed by atoms with Crippen LogP contribution in [-0.4, -0.2) is 45.7 Å². The maximum atomic E-state index is 11.3. The minimum absolute atomic E-state index is 0.236. The molecule has 0 bridgehead atoms. The first-order valence-corrected chi connectivity index (χ1v) is 8.39. The number of hydrogen-bond acceptors (Lipinski definition) is 4. The zero-order valence-electron chi connectivity index (χ0n) is 10.9. The van der Waals surface area contributed by atoms with Crippen molar-refractivity contribution in [2.24, 2.45) is 0 Å². The largest absolute Gasteiger partial charge is 0.378 e. The summed E-state index contributed by atoms with van der Waals surface area (Å²) in [6.07, 6.45) is 5.46. The Morgan fingerprint density at radius 2 is 1.88 bits per heavy atom. The molecule has 4 nitrogen and oxygen atoms in total. The minimum Gasteiger partial charge on any atom is -0.378 e. The molecule has 102 valence electrons. The fourth-order valence-corrected chi connectivity index (χ4v) is 3.04. The third-order valence-corrected chi connectivity index (χ3v) is 5.27. The van der Waals surface area contributed by atoms with E-state index in [9.17, 15) is 8.42 Å². The van der Waals surface area contributed by atoms with Gasteiger partial charge in [0.1, 0.15) is 9.84 Å². The third-order valence-electron chi connectivity index (χ3n) is 3.48. The molecular formula is C12H25NO3S. The van der Waals surface area contributed by atoms with Crippen LogP contribution in [0, 0.1) is 0 Å². The Balaban J connectivity index is 2.08. The fourth-order valence-electron chi connectivity index (χ4n) is 2.19. The summed E-state index contributed by atoms with van der Waals surface area (Å²) in [6, 6.07) is 0.635. The van der Waals surface area contributed by atoms with E-state index in [0.717, 1.165) is 25.7 Å². The molecule has 0 aromatic heterocycles. The molecule has 0 heterocycles. The quantitative estimate of drug-likeness (QED) is 0.705. The fraction of sp³-hybridized carbons (Fsp3) is 1.00. The predicted octanol–water partition coefficient (Wildman–Crippen LogP) is 1.36. The summed E-state index contributed by atoms with van der Waals surface area (Å²) in [5, 5.41) is 3.28. The van der Waals surface area contributed by atoms with Gasteiger partial charge in [0.05, 0.1) is 11.9 Å². The summed E-state index contributed by atoms with van der Waals surface area (Å²) in [7, 11) is -0.824. The van der Waals surface area contributed by atoms with Gasteiger partial charge in [-0.2, -0.15) is 0 Å². The Labute approximate surface area is 105 Å². The van der Waals surface area contributed by atoms with Crippen LogP contribution in [0.4, 0.5) is 0 Å². The van der Waals surface area contributed by atoms with Crippen molar-refractivity contribution in [3.8, 4) is 0 Å². The second-order valence-electron chi connectivity index (χ2n) is 4.72. The van der Waals surface area contributed by atoms with Crippen LogP contribution < -0.4 is 5.32 Å². The Morgan fingerprint density at radius 3 is 2.41 bits per heavy atom. The first-order chi connectivity index (χ1) is 8.07. The van der Waals surface area contributed by atoms with Crippen molar-refractivity contribution < 1.29 is 13.2 Å². The van der Waals surface area contributed by atoms with Crippen LogP contribution in [-0.2, 0) is 14.6 Å². The summed E-state index contributed by atoms with van der Waals surface area (Å²) in [4.78, 5) is 0. The highest BCUT2D eigenvalue weighted by Gasteiger charge is 2.20. The van der Waals surface area contributed by atoms with Gasteiger partial charge in [-0.05, 0) is 39.2 Å². The zero-order valence-corrected chi connectivity index (χ0v) is 11.8. The summed E-state index contributed by atoms with van der Waals surface area (Å²) in [5.74, 6) is 0.496. The van der Waals surface area contributed by atoms with E-state index < -0.39 is 9.84 Å². The van der Waals surface area contributed by atoms with Crippen LogP contribution in [0.1, 0.15) is 39.0 Å². The molecule has 0 aliphatic heterocycles. The van der Waals surface area contributed by atoms with E-state index >= 15 is 0 Å². The van der Waals surface area contributed by atoms with Crippen LogP contribution in [0.2, 0.25) is 0 Å². The van der Waals surface area contributed by atoms with Gasteiger partial charge in [0.2, 0.25) is 0 Å². The molecule has 1 rings (SSSR count). The minimum atomic E-state index is -2.83. The molecule has 17 heavy (non-hydrogen) atoms. The molecular weight excluding hydrogens is 238 g/mol. The molecule has 0 atom stereocenters. The highest BCUT2D eigenvalue weighted by Crippen LogP contribution is 2.21. The SMILES string of the molecule is CCS(=O)(=O)CCCOC1CCC(NC)CC1. The Morgan fingerprint density at radius 1 is 1.24 bits per heavy atom. The van der Waals surface area contributed by atoms with Crippen molar-refractivity contribution in [1.82, 2.24) is 5.32 Å². The van der Waals surface area contributed by atoms with E-state index in [2.05, 4.69) is 5.32 Å².